The van der Waals surface area contributed by atoms with Gasteiger partial charge in [-0.15, -0.1) is 0 Å². The summed E-state index contributed by atoms with van der Waals surface area (Å²) in [5, 5.41) is 3.44. The molecule has 0 amide bonds. The quantitative estimate of drug-likeness (QED) is 0.709. The zero-order chi connectivity index (χ0) is 13.4. The van der Waals surface area contributed by atoms with Gasteiger partial charge in [0.05, 0.1) is 7.11 Å². The van der Waals surface area contributed by atoms with E-state index >= 15 is 0 Å². The van der Waals surface area contributed by atoms with Gasteiger partial charge >= 0.3 is 5.97 Å². The van der Waals surface area contributed by atoms with Crippen LogP contribution in [0.3, 0.4) is 0 Å². The van der Waals surface area contributed by atoms with E-state index in [4.69, 9.17) is 4.74 Å². The molecule has 0 aliphatic heterocycles. The lowest BCUT2D eigenvalue weighted by Crippen LogP contribution is -2.43. The average molecular weight is 255 g/mol. The minimum Gasteiger partial charge on any atom is -0.468 e. The fourth-order valence-electron chi connectivity index (χ4n) is 2.81. The second-order valence-corrected chi connectivity index (χ2v) is 5.97. The normalized spacial score (nSPS) is 20.4. The summed E-state index contributed by atoms with van der Waals surface area (Å²) in [5.41, 5.74) is 0.372. The third kappa shape index (κ3) is 4.97. The van der Waals surface area contributed by atoms with Crippen molar-refractivity contribution in [1.82, 2.24) is 5.32 Å². The number of rotatable bonds is 7. The minimum atomic E-state index is -0.117. The van der Waals surface area contributed by atoms with Crippen molar-refractivity contribution in [2.24, 2.45) is 5.41 Å². The molecular weight excluding hydrogens is 226 g/mol. The first kappa shape index (κ1) is 15.5. The van der Waals surface area contributed by atoms with Gasteiger partial charge in [0.2, 0.25) is 0 Å². The zero-order valence-electron chi connectivity index (χ0n) is 12.3. The van der Waals surface area contributed by atoms with Crippen LogP contribution in [0.2, 0.25) is 0 Å². The molecule has 0 spiro atoms. The number of carbonyl (C=O) groups is 1. The van der Waals surface area contributed by atoms with E-state index in [1.807, 2.05) is 0 Å². The number of hydrogen-bond donors (Lipinski definition) is 1. The molecule has 18 heavy (non-hydrogen) atoms. The average Bonchev–Trinajstić information content (AvgIpc) is 2.39. The Bertz CT molecular complexity index is 247. The van der Waals surface area contributed by atoms with Crippen molar-refractivity contribution in [2.45, 2.75) is 71.3 Å². The Morgan fingerprint density at radius 1 is 1.33 bits per heavy atom. The number of carbonyl (C=O) groups excluding carboxylic acids is 1. The molecule has 1 atom stereocenters. The molecule has 1 aliphatic rings. The molecule has 1 fully saturated rings. The summed E-state index contributed by atoms with van der Waals surface area (Å²) in [6.45, 7) is 5.43. The summed E-state index contributed by atoms with van der Waals surface area (Å²) < 4.78 is 4.88. The van der Waals surface area contributed by atoms with Crippen molar-refractivity contribution in [3.8, 4) is 0 Å². The minimum absolute atomic E-state index is 0.108. The Kier molecular flexibility index (Phi) is 6.69. The highest BCUT2D eigenvalue weighted by molar-refractivity contribution is 5.75. The number of unbranched alkanes of at least 4 members (excludes halogenated alkanes) is 1. The molecule has 1 saturated carbocycles. The second kappa shape index (κ2) is 7.78. The number of ether oxygens (including phenoxy) is 1. The van der Waals surface area contributed by atoms with Gasteiger partial charge in [0.15, 0.2) is 0 Å². The van der Waals surface area contributed by atoms with E-state index in [-0.39, 0.29) is 12.0 Å². The van der Waals surface area contributed by atoms with Crippen LogP contribution in [0.1, 0.15) is 65.2 Å². The molecule has 0 aromatic carbocycles. The highest BCUT2D eigenvalue weighted by atomic mass is 16.5. The highest BCUT2D eigenvalue weighted by Crippen LogP contribution is 2.35. The summed E-state index contributed by atoms with van der Waals surface area (Å²) in [5.74, 6) is -0.108. The van der Waals surface area contributed by atoms with Gasteiger partial charge in [-0.05, 0) is 24.7 Å². The Morgan fingerprint density at radius 3 is 2.56 bits per heavy atom. The standard InChI is InChI=1S/C15H29NO2/c1-4-5-9-13(14(17)18-3)16-12-15(2)10-7-6-8-11-15/h13,16H,4-12H2,1-3H3. The first-order valence-corrected chi connectivity index (χ1v) is 7.42. The number of hydrogen-bond acceptors (Lipinski definition) is 3. The van der Waals surface area contributed by atoms with E-state index in [1.165, 1.54) is 39.2 Å². The molecule has 0 aromatic rings. The fourth-order valence-corrected chi connectivity index (χ4v) is 2.81. The largest absolute Gasteiger partial charge is 0.468 e. The maximum atomic E-state index is 11.7. The van der Waals surface area contributed by atoms with Gasteiger partial charge in [-0.1, -0.05) is 46.0 Å². The molecule has 1 N–H and O–H groups in total. The van der Waals surface area contributed by atoms with Crippen LogP contribution in [0.25, 0.3) is 0 Å². The van der Waals surface area contributed by atoms with Crippen LogP contribution < -0.4 is 5.32 Å². The maximum absolute atomic E-state index is 11.7. The van der Waals surface area contributed by atoms with Crippen molar-refractivity contribution < 1.29 is 9.53 Å². The Hall–Kier alpha value is -0.570. The molecule has 0 heterocycles. The maximum Gasteiger partial charge on any atom is 0.322 e. The monoisotopic (exact) mass is 255 g/mol. The lowest BCUT2D eigenvalue weighted by atomic mass is 9.75. The van der Waals surface area contributed by atoms with Crippen LogP contribution in [-0.2, 0) is 9.53 Å². The van der Waals surface area contributed by atoms with E-state index in [0.29, 0.717) is 5.41 Å². The van der Waals surface area contributed by atoms with Gasteiger partial charge in [-0.3, -0.25) is 4.79 Å². The third-order valence-electron chi connectivity index (χ3n) is 4.17. The topological polar surface area (TPSA) is 38.3 Å². The van der Waals surface area contributed by atoms with Crippen LogP contribution >= 0.6 is 0 Å². The number of methoxy groups -OCH3 is 1. The summed E-state index contributed by atoms with van der Waals surface area (Å²) in [6.07, 6.45) is 9.66. The molecule has 1 rings (SSSR count). The molecular formula is C15H29NO2. The number of esters is 1. The first-order valence-electron chi connectivity index (χ1n) is 7.42. The van der Waals surface area contributed by atoms with Crippen LogP contribution in [0.5, 0.6) is 0 Å². The van der Waals surface area contributed by atoms with Gasteiger partial charge < -0.3 is 10.1 Å². The van der Waals surface area contributed by atoms with Crippen LogP contribution in [0.15, 0.2) is 0 Å². The molecule has 3 heteroatoms. The Labute approximate surface area is 112 Å². The van der Waals surface area contributed by atoms with Crippen molar-refractivity contribution in [1.29, 1.82) is 0 Å². The van der Waals surface area contributed by atoms with Gasteiger partial charge in [0, 0.05) is 6.54 Å². The van der Waals surface area contributed by atoms with Crippen molar-refractivity contribution in [3.05, 3.63) is 0 Å². The Balaban J connectivity index is 2.42. The van der Waals surface area contributed by atoms with Crippen LogP contribution in [0.4, 0.5) is 0 Å². The van der Waals surface area contributed by atoms with E-state index in [1.54, 1.807) is 0 Å². The molecule has 3 nitrogen and oxygen atoms in total. The fraction of sp³-hybridized carbons (Fsp3) is 0.933. The number of nitrogens with one attached hydrogen (secondary N) is 1. The van der Waals surface area contributed by atoms with E-state index < -0.39 is 0 Å². The van der Waals surface area contributed by atoms with Crippen LogP contribution in [0, 0.1) is 5.41 Å². The first-order chi connectivity index (χ1) is 8.61. The zero-order valence-corrected chi connectivity index (χ0v) is 12.3. The molecule has 1 unspecified atom stereocenters. The molecule has 0 saturated heterocycles. The summed E-state index contributed by atoms with van der Waals surface area (Å²) in [6, 6.07) is -0.117. The molecule has 106 valence electrons. The Morgan fingerprint density at radius 2 is 2.00 bits per heavy atom. The predicted molar refractivity (Wildman–Crippen MR) is 74.5 cm³/mol. The van der Waals surface area contributed by atoms with Gasteiger partial charge in [-0.2, -0.15) is 0 Å². The summed E-state index contributed by atoms with van der Waals surface area (Å²) >= 11 is 0. The predicted octanol–water partition coefficient (Wildman–Crippen LogP) is 3.28. The second-order valence-electron chi connectivity index (χ2n) is 5.97. The van der Waals surface area contributed by atoms with Gasteiger partial charge in [0.1, 0.15) is 6.04 Å². The molecule has 1 aliphatic carbocycles. The highest BCUT2D eigenvalue weighted by Gasteiger charge is 2.28. The molecule has 0 bridgehead atoms. The lowest BCUT2D eigenvalue weighted by Gasteiger charge is -2.35. The molecule has 0 aromatic heterocycles. The third-order valence-corrected chi connectivity index (χ3v) is 4.17. The van der Waals surface area contributed by atoms with Gasteiger partial charge in [0.25, 0.3) is 0 Å². The van der Waals surface area contributed by atoms with E-state index in [0.717, 1.165) is 25.8 Å². The SMILES string of the molecule is CCCCC(NCC1(C)CCCCC1)C(=O)OC. The van der Waals surface area contributed by atoms with Crippen molar-refractivity contribution >= 4 is 5.97 Å². The van der Waals surface area contributed by atoms with Gasteiger partial charge in [-0.25, -0.2) is 0 Å². The molecule has 0 radical (unpaired) electrons. The summed E-state index contributed by atoms with van der Waals surface area (Å²) in [4.78, 5) is 11.7. The lowest BCUT2D eigenvalue weighted by molar-refractivity contribution is -0.143. The van der Waals surface area contributed by atoms with Crippen molar-refractivity contribution in [3.63, 3.8) is 0 Å². The van der Waals surface area contributed by atoms with E-state index in [2.05, 4.69) is 19.2 Å². The smallest absolute Gasteiger partial charge is 0.322 e. The van der Waals surface area contributed by atoms with Crippen molar-refractivity contribution in [2.75, 3.05) is 13.7 Å². The summed E-state index contributed by atoms with van der Waals surface area (Å²) in [7, 11) is 1.48. The van der Waals surface area contributed by atoms with E-state index in [9.17, 15) is 4.79 Å². The van der Waals surface area contributed by atoms with Crippen LogP contribution in [-0.4, -0.2) is 25.7 Å².